The molecule has 2 heteroatoms. The van der Waals surface area contributed by atoms with Gasteiger partial charge in [0.25, 0.3) is 0 Å². The van der Waals surface area contributed by atoms with Gasteiger partial charge in [-0.05, 0) is 19.3 Å². The van der Waals surface area contributed by atoms with Crippen LogP contribution in [0.3, 0.4) is 0 Å². The van der Waals surface area contributed by atoms with Gasteiger partial charge >= 0.3 is 0 Å². The topological polar surface area (TPSA) is 34.1 Å². The van der Waals surface area contributed by atoms with Crippen molar-refractivity contribution in [1.29, 1.82) is 0 Å². The van der Waals surface area contributed by atoms with Crippen LogP contribution in [0, 0.1) is 0 Å². The summed E-state index contributed by atoms with van der Waals surface area (Å²) >= 11 is 0. The zero-order chi connectivity index (χ0) is 9.94. The molecule has 2 nitrogen and oxygen atoms in total. The van der Waals surface area contributed by atoms with Crippen molar-refractivity contribution in [2.45, 2.75) is 58.3 Å². The lowest BCUT2D eigenvalue weighted by Crippen LogP contribution is -1.96. The second-order valence-corrected chi connectivity index (χ2v) is 3.41. The highest BCUT2D eigenvalue weighted by Crippen LogP contribution is 2.05. The summed E-state index contributed by atoms with van der Waals surface area (Å²) in [6.45, 7) is 2.09. The number of Topliss-reactive ketones (excluding diaryl/α,β-unsaturated/α-hetero) is 1. The molecule has 0 atom stereocenters. The smallest absolute Gasteiger partial charge is 0.132 e. The molecule has 0 rings (SSSR count). The third-order valence-corrected chi connectivity index (χ3v) is 2.09. The molecule has 0 aromatic heterocycles. The zero-order valence-electron chi connectivity index (χ0n) is 8.55. The molecule has 0 saturated carbocycles. The molecule has 0 fully saturated rings. The Balaban J connectivity index is 3.12. The van der Waals surface area contributed by atoms with Crippen molar-refractivity contribution in [3.8, 4) is 0 Å². The van der Waals surface area contributed by atoms with Gasteiger partial charge < -0.3 is 4.79 Å². The molecule has 0 bridgehead atoms. The van der Waals surface area contributed by atoms with Crippen LogP contribution in [0.1, 0.15) is 58.3 Å². The third kappa shape index (κ3) is 9.25. The number of unbranched alkanes of at least 4 members (excludes halogenated alkanes) is 4. The van der Waals surface area contributed by atoms with Crippen LogP contribution in [0.4, 0.5) is 0 Å². The van der Waals surface area contributed by atoms with E-state index in [9.17, 15) is 9.59 Å². The fourth-order valence-electron chi connectivity index (χ4n) is 1.23. The molecule has 0 N–H and O–H groups in total. The average molecular weight is 184 g/mol. The molecular weight excluding hydrogens is 164 g/mol. The van der Waals surface area contributed by atoms with Crippen molar-refractivity contribution in [2.75, 3.05) is 0 Å². The van der Waals surface area contributed by atoms with Gasteiger partial charge in [-0.15, -0.1) is 0 Å². The van der Waals surface area contributed by atoms with Crippen LogP contribution in [0.2, 0.25) is 0 Å². The Hall–Kier alpha value is -0.660. The number of ketones is 1. The normalized spacial score (nSPS) is 9.92. The first kappa shape index (κ1) is 12.3. The van der Waals surface area contributed by atoms with Crippen LogP contribution < -0.4 is 0 Å². The van der Waals surface area contributed by atoms with Crippen molar-refractivity contribution in [3.05, 3.63) is 0 Å². The molecular formula is C11H20O2. The summed E-state index contributed by atoms with van der Waals surface area (Å²) in [4.78, 5) is 21.1. The Bertz CT molecular complexity index is 141. The predicted octanol–water partition coefficient (Wildman–Crippen LogP) is 2.90. The standard InChI is InChI=1S/C11H20O2/c1-2-3-8-11(13)9-6-4-5-7-10-12/h10H,2-9H2,1H3. The number of carbonyl (C=O) groups is 2. The van der Waals surface area contributed by atoms with Crippen LogP contribution in [0.25, 0.3) is 0 Å². The lowest BCUT2D eigenvalue weighted by atomic mass is 10.1. The summed E-state index contributed by atoms with van der Waals surface area (Å²) < 4.78 is 0. The quantitative estimate of drug-likeness (QED) is 0.408. The maximum absolute atomic E-state index is 11.2. The van der Waals surface area contributed by atoms with Gasteiger partial charge in [-0.25, -0.2) is 0 Å². The summed E-state index contributed by atoms with van der Waals surface area (Å²) in [7, 11) is 0. The van der Waals surface area contributed by atoms with Gasteiger partial charge in [-0.3, -0.25) is 4.79 Å². The van der Waals surface area contributed by atoms with Gasteiger partial charge in [0, 0.05) is 19.3 Å². The molecule has 0 amide bonds. The molecule has 76 valence electrons. The average Bonchev–Trinajstić information content (AvgIpc) is 2.14. The molecule has 0 radical (unpaired) electrons. The van der Waals surface area contributed by atoms with Gasteiger partial charge in [0.15, 0.2) is 0 Å². The largest absolute Gasteiger partial charge is 0.303 e. The highest BCUT2D eigenvalue weighted by atomic mass is 16.1. The predicted molar refractivity (Wildman–Crippen MR) is 53.7 cm³/mol. The van der Waals surface area contributed by atoms with Crippen molar-refractivity contribution in [1.82, 2.24) is 0 Å². The summed E-state index contributed by atoms with van der Waals surface area (Å²) in [5, 5.41) is 0. The van der Waals surface area contributed by atoms with Gasteiger partial charge in [-0.2, -0.15) is 0 Å². The number of hydrogen-bond donors (Lipinski definition) is 0. The summed E-state index contributed by atoms with van der Waals surface area (Å²) in [5.41, 5.74) is 0. The monoisotopic (exact) mass is 184 g/mol. The van der Waals surface area contributed by atoms with Gasteiger partial charge in [0.05, 0.1) is 0 Å². The van der Waals surface area contributed by atoms with Crippen molar-refractivity contribution < 1.29 is 9.59 Å². The van der Waals surface area contributed by atoms with E-state index in [4.69, 9.17) is 0 Å². The molecule has 0 heterocycles. The second-order valence-electron chi connectivity index (χ2n) is 3.41. The van der Waals surface area contributed by atoms with E-state index in [1.54, 1.807) is 0 Å². The number of aldehydes is 1. The molecule has 0 aliphatic heterocycles. The van der Waals surface area contributed by atoms with E-state index in [1.807, 2.05) is 0 Å². The Morgan fingerprint density at radius 3 is 2.38 bits per heavy atom. The number of carbonyl (C=O) groups excluding carboxylic acids is 2. The second kappa shape index (κ2) is 9.43. The molecule has 0 aliphatic carbocycles. The molecule has 0 aliphatic rings. The number of rotatable bonds is 9. The minimum Gasteiger partial charge on any atom is -0.303 e. The lowest BCUT2D eigenvalue weighted by molar-refractivity contribution is -0.119. The minimum absolute atomic E-state index is 0.382. The summed E-state index contributed by atoms with van der Waals surface area (Å²) in [6, 6.07) is 0. The van der Waals surface area contributed by atoms with Crippen molar-refractivity contribution in [3.63, 3.8) is 0 Å². The third-order valence-electron chi connectivity index (χ3n) is 2.09. The fourth-order valence-corrected chi connectivity index (χ4v) is 1.23. The summed E-state index contributed by atoms with van der Waals surface area (Å²) in [5.74, 6) is 0.382. The Labute approximate surface area is 80.7 Å². The Morgan fingerprint density at radius 2 is 1.77 bits per heavy atom. The molecule has 0 unspecified atom stereocenters. The molecule has 0 aromatic carbocycles. The van der Waals surface area contributed by atoms with Gasteiger partial charge in [0.1, 0.15) is 12.1 Å². The van der Waals surface area contributed by atoms with E-state index >= 15 is 0 Å². The van der Waals surface area contributed by atoms with Crippen LogP contribution >= 0.6 is 0 Å². The van der Waals surface area contributed by atoms with E-state index < -0.39 is 0 Å². The van der Waals surface area contributed by atoms with E-state index in [1.165, 1.54) is 0 Å². The summed E-state index contributed by atoms with van der Waals surface area (Å²) in [6.07, 6.45) is 8.05. The first-order chi connectivity index (χ1) is 6.31. The molecule has 0 spiro atoms. The van der Waals surface area contributed by atoms with Crippen LogP contribution in [0.5, 0.6) is 0 Å². The van der Waals surface area contributed by atoms with Gasteiger partial charge in [-0.1, -0.05) is 19.8 Å². The van der Waals surface area contributed by atoms with E-state index in [0.717, 1.165) is 44.8 Å². The van der Waals surface area contributed by atoms with E-state index in [2.05, 4.69) is 6.92 Å². The van der Waals surface area contributed by atoms with Gasteiger partial charge in [0.2, 0.25) is 0 Å². The maximum atomic E-state index is 11.2. The first-order valence-electron chi connectivity index (χ1n) is 5.26. The fraction of sp³-hybridized carbons (Fsp3) is 0.818. The zero-order valence-corrected chi connectivity index (χ0v) is 8.55. The minimum atomic E-state index is 0.382. The first-order valence-corrected chi connectivity index (χ1v) is 5.26. The SMILES string of the molecule is CCCCC(=O)CCCCCC=O. The van der Waals surface area contributed by atoms with Crippen LogP contribution in [-0.4, -0.2) is 12.1 Å². The van der Waals surface area contributed by atoms with Crippen LogP contribution in [0.15, 0.2) is 0 Å². The molecule has 0 aromatic rings. The Kier molecular flexibility index (Phi) is 8.95. The van der Waals surface area contributed by atoms with E-state index in [-0.39, 0.29) is 0 Å². The maximum Gasteiger partial charge on any atom is 0.132 e. The van der Waals surface area contributed by atoms with Crippen molar-refractivity contribution in [2.24, 2.45) is 0 Å². The van der Waals surface area contributed by atoms with Crippen LogP contribution in [-0.2, 0) is 9.59 Å². The van der Waals surface area contributed by atoms with Crippen molar-refractivity contribution >= 4 is 12.1 Å². The van der Waals surface area contributed by atoms with E-state index in [0.29, 0.717) is 18.6 Å². The highest BCUT2D eigenvalue weighted by Gasteiger charge is 1.99. The Morgan fingerprint density at radius 1 is 1.08 bits per heavy atom. The molecule has 13 heavy (non-hydrogen) atoms. The molecule has 0 saturated heterocycles. The lowest BCUT2D eigenvalue weighted by Gasteiger charge is -1.98. The number of hydrogen-bond acceptors (Lipinski definition) is 2. The highest BCUT2D eigenvalue weighted by molar-refractivity contribution is 5.78.